The van der Waals surface area contributed by atoms with Crippen LogP contribution in [0.25, 0.3) is 0 Å². The quantitative estimate of drug-likeness (QED) is 0.874. The number of carboxylic acids is 1. The molecule has 0 bridgehead atoms. The van der Waals surface area contributed by atoms with Gasteiger partial charge in [0, 0.05) is 17.6 Å². The van der Waals surface area contributed by atoms with Gasteiger partial charge in [-0.05, 0) is 59.8 Å². The van der Waals surface area contributed by atoms with Crippen LogP contribution in [0.3, 0.4) is 0 Å². The third-order valence-electron chi connectivity index (χ3n) is 3.71. The maximum absolute atomic E-state index is 12.6. The molecule has 1 aromatic carbocycles. The van der Waals surface area contributed by atoms with Crippen LogP contribution in [0.5, 0.6) is 0 Å². The van der Waals surface area contributed by atoms with E-state index in [1.54, 1.807) is 0 Å². The largest absolute Gasteiger partial charge is 0.478 e. The topological polar surface area (TPSA) is 74.7 Å². The summed E-state index contributed by atoms with van der Waals surface area (Å²) in [5.41, 5.74) is -0.0424. The maximum Gasteiger partial charge on any atom is 0.335 e. The Balaban J connectivity index is 2.42. The van der Waals surface area contributed by atoms with Crippen LogP contribution in [-0.2, 0) is 10.0 Å². The molecule has 1 N–H and O–H groups in total. The molecule has 0 aromatic heterocycles. The molecule has 1 aliphatic carbocycles. The van der Waals surface area contributed by atoms with Crippen molar-refractivity contribution in [2.45, 2.75) is 30.7 Å². The summed E-state index contributed by atoms with van der Waals surface area (Å²) in [6, 6.07) is 3.93. The zero-order valence-corrected chi connectivity index (χ0v) is 13.6. The van der Waals surface area contributed by atoms with Gasteiger partial charge in [-0.1, -0.05) is 0 Å². The summed E-state index contributed by atoms with van der Waals surface area (Å²) >= 11 is 3.19. The molecular weight excluding hydrogens is 346 g/mol. The molecule has 1 saturated carbocycles. The Morgan fingerprint density at radius 1 is 1.45 bits per heavy atom. The monoisotopic (exact) mass is 361 g/mol. The van der Waals surface area contributed by atoms with Crippen molar-refractivity contribution in [3.63, 3.8) is 0 Å². The molecule has 1 aliphatic rings. The Morgan fingerprint density at radius 2 is 2.05 bits per heavy atom. The Labute approximate surface area is 126 Å². The highest BCUT2D eigenvalue weighted by molar-refractivity contribution is 9.10. The number of aromatic carboxylic acids is 1. The van der Waals surface area contributed by atoms with Gasteiger partial charge in [0.15, 0.2) is 0 Å². The minimum Gasteiger partial charge on any atom is -0.478 e. The lowest BCUT2D eigenvalue weighted by molar-refractivity contribution is 0.0696. The lowest BCUT2D eigenvalue weighted by Crippen LogP contribution is -2.36. The Hall–Kier alpha value is -0.920. The van der Waals surface area contributed by atoms with Crippen LogP contribution >= 0.6 is 15.9 Å². The van der Waals surface area contributed by atoms with Crippen LogP contribution in [0.4, 0.5) is 0 Å². The first-order valence-corrected chi connectivity index (χ1v) is 8.49. The number of carboxylic acid groups (broad SMARTS) is 1. The molecule has 1 unspecified atom stereocenters. The second-order valence-corrected chi connectivity index (χ2v) is 7.87. The van der Waals surface area contributed by atoms with E-state index in [0.717, 1.165) is 12.8 Å². The first-order valence-electron chi connectivity index (χ1n) is 6.26. The first-order chi connectivity index (χ1) is 9.25. The van der Waals surface area contributed by atoms with Gasteiger partial charge in [-0.3, -0.25) is 0 Å². The average Bonchev–Trinajstić information content (AvgIpc) is 3.21. The predicted octanol–water partition coefficient (Wildman–Crippen LogP) is 2.57. The number of rotatable bonds is 5. The number of sulfonamides is 1. The molecule has 0 spiro atoms. The molecule has 0 saturated heterocycles. The second kappa shape index (κ2) is 5.46. The fourth-order valence-corrected chi connectivity index (χ4v) is 4.45. The summed E-state index contributed by atoms with van der Waals surface area (Å²) in [5, 5.41) is 8.99. The summed E-state index contributed by atoms with van der Waals surface area (Å²) in [7, 11) is -2.17. The van der Waals surface area contributed by atoms with E-state index < -0.39 is 16.0 Å². The van der Waals surface area contributed by atoms with Crippen molar-refractivity contribution in [1.29, 1.82) is 0 Å². The van der Waals surface area contributed by atoms with E-state index in [1.165, 1.54) is 29.6 Å². The van der Waals surface area contributed by atoms with Gasteiger partial charge in [-0.2, -0.15) is 4.31 Å². The zero-order valence-electron chi connectivity index (χ0n) is 11.2. The van der Waals surface area contributed by atoms with E-state index in [4.69, 9.17) is 5.11 Å². The van der Waals surface area contributed by atoms with E-state index in [2.05, 4.69) is 15.9 Å². The average molecular weight is 362 g/mol. The minimum absolute atomic E-state index is 0.00704. The van der Waals surface area contributed by atoms with E-state index in [0.29, 0.717) is 10.4 Å². The second-order valence-electron chi connectivity index (χ2n) is 5.05. The standard InChI is InChI=1S/C13H16BrNO4S/c1-8(9-3-4-9)15(2)20(18,19)12-7-10(13(16)17)5-6-11(12)14/h5-9H,3-4H2,1-2H3,(H,16,17). The van der Waals surface area contributed by atoms with Gasteiger partial charge in [0.1, 0.15) is 0 Å². The molecule has 7 heteroatoms. The number of hydrogen-bond donors (Lipinski definition) is 1. The predicted molar refractivity (Wildman–Crippen MR) is 78.2 cm³/mol. The van der Waals surface area contributed by atoms with E-state index in [-0.39, 0.29) is 16.5 Å². The Morgan fingerprint density at radius 3 is 2.55 bits per heavy atom. The fourth-order valence-electron chi connectivity index (χ4n) is 2.08. The molecule has 2 rings (SSSR count). The lowest BCUT2D eigenvalue weighted by Gasteiger charge is -2.24. The molecule has 20 heavy (non-hydrogen) atoms. The van der Waals surface area contributed by atoms with Gasteiger partial charge in [-0.25, -0.2) is 13.2 Å². The molecule has 1 fully saturated rings. The molecule has 5 nitrogen and oxygen atoms in total. The van der Waals surface area contributed by atoms with Gasteiger partial charge < -0.3 is 5.11 Å². The van der Waals surface area contributed by atoms with Crippen molar-refractivity contribution in [1.82, 2.24) is 4.31 Å². The van der Waals surface area contributed by atoms with Crippen molar-refractivity contribution < 1.29 is 18.3 Å². The number of halogens is 1. The Kier molecular flexibility index (Phi) is 4.22. The summed E-state index contributed by atoms with van der Waals surface area (Å²) in [6.45, 7) is 1.88. The molecule has 0 radical (unpaired) electrons. The highest BCUT2D eigenvalue weighted by atomic mass is 79.9. The summed E-state index contributed by atoms with van der Waals surface area (Å²) in [4.78, 5) is 11.0. The molecule has 110 valence electrons. The van der Waals surface area contributed by atoms with Gasteiger partial charge in [0.05, 0.1) is 10.5 Å². The van der Waals surface area contributed by atoms with Gasteiger partial charge >= 0.3 is 5.97 Å². The van der Waals surface area contributed by atoms with Gasteiger partial charge in [0.2, 0.25) is 10.0 Å². The van der Waals surface area contributed by atoms with E-state index >= 15 is 0 Å². The minimum atomic E-state index is -3.71. The van der Waals surface area contributed by atoms with Crippen molar-refractivity contribution in [3.05, 3.63) is 28.2 Å². The van der Waals surface area contributed by atoms with E-state index in [9.17, 15) is 13.2 Å². The van der Waals surface area contributed by atoms with Crippen LogP contribution in [0.15, 0.2) is 27.6 Å². The maximum atomic E-state index is 12.6. The zero-order chi connectivity index (χ0) is 15.1. The van der Waals surface area contributed by atoms with Crippen LogP contribution in [0.1, 0.15) is 30.1 Å². The molecular formula is C13H16BrNO4S. The smallest absolute Gasteiger partial charge is 0.335 e. The van der Waals surface area contributed by atoms with Crippen LogP contribution in [0, 0.1) is 5.92 Å². The number of nitrogens with zero attached hydrogens (tertiary/aromatic N) is 1. The molecule has 0 heterocycles. The lowest BCUT2D eigenvalue weighted by atomic mass is 10.2. The highest BCUT2D eigenvalue weighted by Crippen LogP contribution is 2.37. The van der Waals surface area contributed by atoms with Gasteiger partial charge in [-0.15, -0.1) is 0 Å². The Bertz CT molecular complexity index is 640. The summed E-state index contributed by atoms with van der Waals surface area (Å²) < 4.78 is 26.9. The van der Waals surface area contributed by atoms with E-state index in [1.807, 2.05) is 6.92 Å². The SMILES string of the molecule is CC(C1CC1)N(C)S(=O)(=O)c1cc(C(=O)O)ccc1Br. The number of carbonyl (C=O) groups is 1. The van der Waals surface area contributed by atoms with Gasteiger partial charge in [0.25, 0.3) is 0 Å². The normalized spacial score (nSPS) is 17.2. The van der Waals surface area contributed by atoms with Crippen molar-refractivity contribution in [3.8, 4) is 0 Å². The van der Waals surface area contributed by atoms with Crippen molar-refractivity contribution in [2.75, 3.05) is 7.05 Å². The fraction of sp³-hybridized carbons (Fsp3) is 0.462. The molecule has 0 amide bonds. The molecule has 1 atom stereocenters. The van der Waals surface area contributed by atoms with Crippen LogP contribution < -0.4 is 0 Å². The highest BCUT2D eigenvalue weighted by Gasteiger charge is 2.36. The molecule has 1 aromatic rings. The molecule has 0 aliphatic heterocycles. The first kappa shape index (κ1) is 15.5. The third kappa shape index (κ3) is 2.89. The summed E-state index contributed by atoms with van der Waals surface area (Å²) in [5.74, 6) is -0.747. The number of benzene rings is 1. The van der Waals surface area contributed by atoms with Crippen LogP contribution in [0.2, 0.25) is 0 Å². The summed E-state index contributed by atoms with van der Waals surface area (Å²) in [6.07, 6.45) is 2.08. The van der Waals surface area contributed by atoms with Crippen molar-refractivity contribution in [2.24, 2.45) is 5.92 Å². The van der Waals surface area contributed by atoms with Crippen LogP contribution in [-0.4, -0.2) is 36.9 Å². The third-order valence-corrected chi connectivity index (χ3v) is 6.65. The van der Waals surface area contributed by atoms with Crippen molar-refractivity contribution >= 4 is 31.9 Å². The number of hydrogen-bond acceptors (Lipinski definition) is 3.